The van der Waals surface area contributed by atoms with E-state index in [1.54, 1.807) is 50.0 Å². The maximum Gasteiger partial charge on any atom is 0.407 e. The van der Waals surface area contributed by atoms with Crippen molar-refractivity contribution in [3.63, 3.8) is 0 Å². The smallest absolute Gasteiger partial charge is 0.407 e. The molecular formula is C37H35ClN6O5. The number of amides is 1. The van der Waals surface area contributed by atoms with E-state index < -0.39 is 11.7 Å². The molecule has 1 N–H and O–H groups in total. The number of nitriles is 1. The minimum Gasteiger partial charge on any atom is -0.488 e. The topological polar surface area (TPSA) is 141 Å². The van der Waals surface area contributed by atoms with Gasteiger partial charge in [-0.15, -0.1) is 5.10 Å². The zero-order valence-electron chi connectivity index (χ0n) is 27.8. The standard InChI is InChI=1S/C37H35ClN6O5/c1-23-27(22-48-35-14-34(28(20-45)13-32(35)38)47-21-26-12-25(15-39)16-40-17-26)8-6-9-30(23)31-10-7-11-33(24(31)2)44-19-29(42-43-44)18-41-36(46)49-37(3,4)5/h6-14,16-17,19-20H,18,21-22H2,1-5H3,(H,41,46). The molecular weight excluding hydrogens is 644 g/mol. The van der Waals surface area contributed by atoms with Gasteiger partial charge in [0, 0.05) is 24.0 Å². The number of nitrogens with zero attached hydrogens (tertiary/aromatic N) is 5. The monoisotopic (exact) mass is 678 g/mol. The van der Waals surface area contributed by atoms with Crippen molar-refractivity contribution in [1.82, 2.24) is 25.3 Å². The van der Waals surface area contributed by atoms with E-state index in [2.05, 4.69) is 26.7 Å². The SMILES string of the molecule is Cc1c(COc2cc(OCc3cncc(C#N)c3)c(C=O)cc2Cl)cccc1-c1cccc(-n2cc(CNC(=O)OC(C)(C)C)nn2)c1C. The summed E-state index contributed by atoms with van der Waals surface area (Å²) in [7, 11) is 0. The van der Waals surface area contributed by atoms with Gasteiger partial charge < -0.3 is 19.5 Å². The molecule has 12 heteroatoms. The van der Waals surface area contributed by atoms with Crippen molar-refractivity contribution in [2.75, 3.05) is 0 Å². The molecule has 0 atom stereocenters. The minimum atomic E-state index is -0.596. The summed E-state index contributed by atoms with van der Waals surface area (Å²) in [6.45, 7) is 9.96. The second kappa shape index (κ2) is 15.0. The van der Waals surface area contributed by atoms with Crippen molar-refractivity contribution in [2.45, 2.75) is 60.0 Å². The Balaban J connectivity index is 1.32. The van der Waals surface area contributed by atoms with Crippen molar-refractivity contribution in [3.8, 4) is 34.4 Å². The summed E-state index contributed by atoms with van der Waals surface area (Å²) in [5.74, 6) is 0.656. The van der Waals surface area contributed by atoms with E-state index >= 15 is 0 Å². The Bertz CT molecular complexity index is 2050. The summed E-state index contributed by atoms with van der Waals surface area (Å²) in [6, 6.07) is 18.8. The number of pyridine rings is 1. The Morgan fingerprint density at radius 3 is 2.47 bits per heavy atom. The Morgan fingerprint density at radius 2 is 1.73 bits per heavy atom. The number of hydrogen-bond donors (Lipinski definition) is 1. The number of carbonyl (C=O) groups is 2. The summed E-state index contributed by atoms with van der Waals surface area (Å²) in [5.41, 5.74) is 7.19. The normalized spacial score (nSPS) is 11.0. The van der Waals surface area contributed by atoms with Crippen molar-refractivity contribution < 1.29 is 23.8 Å². The molecule has 250 valence electrons. The number of nitrogens with one attached hydrogen (secondary N) is 1. The first-order chi connectivity index (χ1) is 23.5. The molecule has 0 aliphatic rings. The second-order valence-corrected chi connectivity index (χ2v) is 12.7. The van der Waals surface area contributed by atoms with Crippen LogP contribution in [0, 0.1) is 25.2 Å². The fourth-order valence-electron chi connectivity index (χ4n) is 5.09. The first-order valence-corrected chi connectivity index (χ1v) is 15.8. The molecule has 0 aliphatic heterocycles. The number of benzene rings is 3. The van der Waals surface area contributed by atoms with Gasteiger partial charge in [0.15, 0.2) is 6.29 Å². The highest BCUT2D eigenvalue weighted by Crippen LogP contribution is 2.35. The molecule has 2 heterocycles. The van der Waals surface area contributed by atoms with Gasteiger partial charge in [-0.3, -0.25) is 9.78 Å². The van der Waals surface area contributed by atoms with Crippen LogP contribution in [0.5, 0.6) is 11.5 Å². The molecule has 0 radical (unpaired) electrons. The number of halogens is 1. The van der Waals surface area contributed by atoms with E-state index in [0.717, 1.165) is 33.5 Å². The van der Waals surface area contributed by atoms with Crippen molar-refractivity contribution in [2.24, 2.45) is 0 Å². The highest BCUT2D eigenvalue weighted by molar-refractivity contribution is 6.32. The lowest BCUT2D eigenvalue weighted by Crippen LogP contribution is -2.32. The average molecular weight is 679 g/mol. The van der Waals surface area contributed by atoms with Gasteiger partial charge in [-0.25, -0.2) is 9.48 Å². The molecule has 0 fully saturated rings. The van der Waals surface area contributed by atoms with Gasteiger partial charge in [0.1, 0.15) is 42.1 Å². The van der Waals surface area contributed by atoms with Crippen molar-refractivity contribution in [3.05, 3.63) is 117 Å². The average Bonchev–Trinajstić information content (AvgIpc) is 3.55. The highest BCUT2D eigenvalue weighted by Gasteiger charge is 2.18. The quantitative estimate of drug-likeness (QED) is 0.141. The Kier molecular flexibility index (Phi) is 10.6. The first kappa shape index (κ1) is 34.6. The van der Waals surface area contributed by atoms with Crippen LogP contribution in [0.3, 0.4) is 0 Å². The molecule has 0 bridgehead atoms. The molecule has 5 aromatic rings. The lowest BCUT2D eigenvalue weighted by atomic mass is 9.93. The van der Waals surface area contributed by atoms with Gasteiger partial charge in [0.2, 0.25) is 0 Å². The highest BCUT2D eigenvalue weighted by atomic mass is 35.5. The number of rotatable bonds is 11. The van der Waals surface area contributed by atoms with Gasteiger partial charge in [-0.05, 0) is 80.6 Å². The summed E-state index contributed by atoms with van der Waals surface area (Å²) < 4.78 is 19.1. The largest absolute Gasteiger partial charge is 0.488 e. The predicted octanol–water partition coefficient (Wildman–Crippen LogP) is 7.47. The third-order valence-corrected chi connectivity index (χ3v) is 7.83. The number of alkyl carbamates (subject to hydrolysis) is 1. The molecule has 0 aliphatic carbocycles. The van der Waals surface area contributed by atoms with Crippen molar-refractivity contribution >= 4 is 24.0 Å². The number of aromatic nitrogens is 4. The molecule has 0 saturated carbocycles. The van der Waals surface area contributed by atoms with Crippen LogP contribution in [0.15, 0.2) is 73.2 Å². The van der Waals surface area contributed by atoms with E-state index in [4.69, 9.17) is 31.1 Å². The molecule has 49 heavy (non-hydrogen) atoms. The summed E-state index contributed by atoms with van der Waals surface area (Å²) >= 11 is 6.50. The summed E-state index contributed by atoms with van der Waals surface area (Å²) in [6.07, 6.45) is 4.98. The van der Waals surface area contributed by atoms with Crippen LogP contribution < -0.4 is 14.8 Å². The molecule has 0 spiro atoms. The minimum absolute atomic E-state index is 0.100. The fourth-order valence-corrected chi connectivity index (χ4v) is 5.32. The zero-order valence-corrected chi connectivity index (χ0v) is 28.5. The van der Waals surface area contributed by atoms with E-state index in [1.165, 1.54) is 12.3 Å². The maximum atomic E-state index is 12.1. The zero-order chi connectivity index (χ0) is 35.1. The van der Waals surface area contributed by atoms with Crippen LogP contribution in [0.4, 0.5) is 4.79 Å². The predicted molar refractivity (Wildman–Crippen MR) is 184 cm³/mol. The van der Waals surface area contributed by atoms with Gasteiger partial charge >= 0.3 is 6.09 Å². The first-order valence-electron chi connectivity index (χ1n) is 15.4. The molecule has 2 aromatic heterocycles. The fraction of sp³-hybridized carbons (Fsp3) is 0.243. The molecule has 0 saturated heterocycles. The third-order valence-electron chi connectivity index (χ3n) is 7.53. The number of hydrogen-bond acceptors (Lipinski definition) is 9. The molecule has 11 nitrogen and oxygen atoms in total. The number of carbonyl (C=O) groups excluding carboxylic acids is 2. The molecule has 1 amide bonds. The lowest BCUT2D eigenvalue weighted by Gasteiger charge is -2.19. The van der Waals surface area contributed by atoms with Crippen LogP contribution in [0.1, 0.15) is 64.6 Å². The van der Waals surface area contributed by atoms with E-state index in [1.807, 2.05) is 50.2 Å². The Hall–Kier alpha value is -5.73. The summed E-state index contributed by atoms with van der Waals surface area (Å²) in [5, 5.41) is 20.6. The van der Waals surface area contributed by atoms with E-state index in [0.29, 0.717) is 34.6 Å². The number of ether oxygens (including phenoxy) is 3. The maximum absolute atomic E-state index is 12.1. The van der Waals surface area contributed by atoms with Crippen molar-refractivity contribution in [1.29, 1.82) is 5.26 Å². The van der Waals surface area contributed by atoms with Crippen LogP contribution in [-0.4, -0.2) is 38.0 Å². The Morgan fingerprint density at radius 1 is 1.00 bits per heavy atom. The van der Waals surface area contributed by atoms with Gasteiger partial charge in [-0.2, -0.15) is 5.26 Å². The second-order valence-electron chi connectivity index (χ2n) is 12.3. The number of aldehydes is 1. The van der Waals surface area contributed by atoms with Crippen LogP contribution >= 0.6 is 11.6 Å². The van der Waals surface area contributed by atoms with E-state index in [-0.39, 0.29) is 30.3 Å². The van der Waals surface area contributed by atoms with Crippen LogP contribution in [0.2, 0.25) is 5.02 Å². The molecule has 3 aromatic carbocycles. The third kappa shape index (κ3) is 8.60. The van der Waals surface area contributed by atoms with Gasteiger partial charge in [-0.1, -0.05) is 47.1 Å². The molecule has 5 rings (SSSR count). The Labute approximate surface area is 289 Å². The summed E-state index contributed by atoms with van der Waals surface area (Å²) in [4.78, 5) is 27.9. The van der Waals surface area contributed by atoms with Crippen LogP contribution in [0.25, 0.3) is 16.8 Å². The van der Waals surface area contributed by atoms with Gasteiger partial charge in [0.25, 0.3) is 0 Å². The van der Waals surface area contributed by atoms with Gasteiger partial charge in [0.05, 0.1) is 34.6 Å². The lowest BCUT2D eigenvalue weighted by molar-refractivity contribution is 0.0522. The van der Waals surface area contributed by atoms with E-state index in [9.17, 15) is 9.59 Å². The molecule has 0 unspecified atom stereocenters. The van der Waals surface area contributed by atoms with Crippen LogP contribution in [-0.2, 0) is 24.5 Å².